The average Bonchev–Trinajstić information content (AvgIpc) is 2.46. The molecule has 2 nitrogen and oxygen atoms in total. The number of rotatable bonds is 6. The number of aryl methyl sites for hydroxylation is 1. The van der Waals surface area contributed by atoms with Gasteiger partial charge < -0.3 is 10.1 Å². The fraction of sp³-hybridized carbons (Fsp3) is 0.294. The summed E-state index contributed by atoms with van der Waals surface area (Å²) in [5.74, 6) is 0.888. The van der Waals surface area contributed by atoms with Gasteiger partial charge in [0.25, 0.3) is 0 Å². The predicted molar refractivity (Wildman–Crippen MR) is 89.4 cm³/mol. The Labute approximate surface area is 136 Å². The van der Waals surface area contributed by atoms with Gasteiger partial charge >= 0.3 is 0 Å². The number of hydrogen-bond donors (Lipinski definition) is 1. The summed E-state index contributed by atoms with van der Waals surface area (Å²) < 4.78 is 5.74. The van der Waals surface area contributed by atoms with Crippen LogP contribution in [0.3, 0.4) is 0 Å². The number of nitrogens with one attached hydrogen (secondary N) is 1. The second kappa shape index (κ2) is 7.69. The predicted octanol–water partition coefficient (Wildman–Crippen LogP) is 4.86. The minimum Gasteiger partial charge on any atom is -0.492 e. The fourth-order valence-electron chi connectivity index (χ4n) is 1.86. The van der Waals surface area contributed by atoms with Crippen LogP contribution >= 0.6 is 23.2 Å². The molecule has 0 fully saturated rings. The number of hydrogen-bond acceptors (Lipinski definition) is 2. The third kappa shape index (κ3) is 5.24. The van der Waals surface area contributed by atoms with Gasteiger partial charge in [-0.05, 0) is 43.7 Å². The molecule has 0 radical (unpaired) electrons. The van der Waals surface area contributed by atoms with E-state index in [-0.39, 0.29) is 6.04 Å². The highest BCUT2D eigenvalue weighted by molar-refractivity contribution is 6.35. The molecule has 0 aromatic heterocycles. The average molecular weight is 324 g/mol. The zero-order valence-corrected chi connectivity index (χ0v) is 13.7. The minimum absolute atomic E-state index is 0.220. The van der Waals surface area contributed by atoms with Gasteiger partial charge in [-0.25, -0.2) is 0 Å². The summed E-state index contributed by atoms with van der Waals surface area (Å²) in [5, 5.41) is 4.72. The standard InChI is InChI=1S/C17H19Cl2NO/c1-12-3-7-16(8-4-12)21-11-13(2)20-10-14-5-6-15(18)9-17(14)19/h3-9,13,20H,10-11H2,1-2H3. The fourth-order valence-corrected chi connectivity index (χ4v) is 2.34. The Kier molecular flexibility index (Phi) is 5.92. The molecule has 0 saturated carbocycles. The second-order valence-corrected chi connectivity index (χ2v) is 5.99. The van der Waals surface area contributed by atoms with Crippen LogP contribution in [0.15, 0.2) is 42.5 Å². The van der Waals surface area contributed by atoms with Gasteiger partial charge in [0.15, 0.2) is 0 Å². The summed E-state index contributed by atoms with van der Waals surface area (Å²) in [6, 6.07) is 13.8. The van der Waals surface area contributed by atoms with Crippen molar-refractivity contribution in [2.24, 2.45) is 0 Å². The molecule has 2 aromatic rings. The minimum atomic E-state index is 0.220. The monoisotopic (exact) mass is 323 g/mol. The lowest BCUT2D eigenvalue weighted by Crippen LogP contribution is -2.31. The normalized spacial score (nSPS) is 12.2. The summed E-state index contributed by atoms with van der Waals surface area (Å²) >= 11 is 12.0. The molecule has 0 amide bonds. The highest BCUT2D eigenvalue weighted by Gasteiger charge is 2.06. The SMILES string of the molecule is Cc1ccc(OCC(C)NCc2ccc(Cl)cc2Cl)cc1. The molecule has 0 aliphatic heterocycles. The highest BCUT2D eigenvalue weighted by atomic mass is 35.5. The van der Waals surface area contributed by atoms with Gasteiger partial charge in [0.05, 0.1) is 0 Å². The van der Waals surface area contributed by atoms with E-state index in [9.17, 15) is 0 Å². The molecule has 1 N–H and O–H groups in total. The maximum absolute atomic E-state index is 6.15. The first-order valence-corrected chi connectivity index (χ1v) is 7.67. The van der Waals surface area contributed by atoms with Crippen LogP contribution in [-0.4, -0.2) is 12.6 Å². The van der Waals surface area contributed by atoms with Crippen molar-refractivity contribution >= 4 is 23.2 Å². The number of halogens is 2. The molecule has 0 aliphatic carbocycles. The Morgan fingerprint density at radius 3 is 2.48 bits per heavy atom. The Morgan fingerprint density at radius 2 is 1.81 bits per heavy atom. The number of benzene rings is 2. The summed E-state index contributed by atoms with van der Waals surface area (Å²) in [5.41, 5.74) is 2.26. The third-order valence-electron chi connectivity index (χ3n) is 3.18. The summed E-state index contributed by atoms with van der Waals surface area (Å²) in [4.78, 5) is 0. The van der Waals surface area contributed by atoms with Crippen molar-refractivity contribution in [1.82, 2.24) is 5.32 Å². The van der Waals surface area contributed by atoms with E-state index in [1.165, 1.54) is 5.56 Å². The van der Waals surface area contributed by atoms with Crippen LogP contribution in [0.4, 0.5) is 0 Å². The van der Waals surface area contributed by atoms with Gasteiger partial charge in [-0.3, -0.25) is 0 Å². The van der Waals surface area contributed by atoms with E-state index in [0.717, 1.165) is 11.3 Å². The molecule has 0 bridgehead atoms. The molecule has 0 heterocycles. The molecule has 0 aliphatic rings. The molecule has 4 heteroatoms. The maximum Gasteiger partial charge on any atom is 0.119 e. The summed E-state index contributed by atoms with van der Waals surface area (Å²) in [7, 11) is 0. The van der Waals surface area contributed by atoms with Crippen LogP contribution in [-0.2, 0) is 6.54 Å². The molecule has 2 rings (SSSR count). The Balaban J connectivity index is 1.79. The molecule has 112 valence electrons. The topological polar surface area (TPSA) is 21.3 Å². The van der Waals surface area contributed by atoms with E-state index < -0.39 is 0 Å². The van der Waals surface area contributed by atoms with Crippen molar-refractivity contribution in [3.8, 4) is 5.75 Å². The summed E-state index contributed by atoms with van der Waals surface area (Å²) in [6.45, 7) is 5.44. The third-order valence-corrected chi connectivity index (χ3v) is 3.76. The summed E-state index contributed by atoms with van der Waals surface area (Å²) in [6.07, 6.45) is 0. The van der Waals surface area contributed by atoms with E-state index >= 15 is 0 Å². The first-order valence-electron chi connectivity index (χ1n) is 6.91. The number of ether oxygens (including phenoxy) is 1. The zero-order chi connectivity index (χ0) is 15.2. The molecular weight excluding hydrogens is 305 g/mol. The quantitative estimate of drug-likeness (QED) is 0.819. The van der Waals surface area contributed by atoms with Crippen molar-refractivity contribution in [2.45, 2.75) is 26.4 Å². The Bertz CT molecular complexity index is 584. The van der Waals surface area contributed by atoms with Crippen molar-refractivity contribution in [3.05, 3.63) is 63.6 Å². The van der Waals surface area contributed by atoms with Gasteiger partial charge in [-0.15, -0.1) is 0 Å². The lowest BCUT2D eigenvalue weighted by Gasteiger charge is -2.15. The molecule has 0 spiro atoms. The Hall–Kier alpha value is -1.22. The lowest BCUT2D eigenvalue weighted by atomic mass is 10.2. The van der Waals surface area contributed by atoms with Crippen molar-refractivity contribution < 1.29 is 4.74 Å². The van der Waals surface area contributed by atoms with Crippen LogP contribution < -0.4 is 10.1 Å². The molecule has 0 saturated heterocycles. The van der Waals surface area contributed by atoms with E-state index in [1.54, 1.807) is 6.07 Å². The van der Waals surface area contributed by atoms with Gasteiger partial charge in [0.1, 0.15) is 12.4 Å². The maximum atomic E-state index is 6.15. The van der Waals surface area contributed by atoms with Crippen molar-refractivity contribution in [2.75, 3.05) is 6.61 Å². The largest absolute Gasteiger partial charge is 0.492 e. The van der Waals surface area contributed by atoms with Crippen LogP contribution in [0.1, 0.15) is 18.1 Å². The molecule has 1 unspecified atom stereocenters. The molecule has 2 aromatic carbocycles. The van der Waals surface area contributed by atoms with Gasteiger partial charge in [-0.2, -0.15) is 0 Å². The van der Waals surface area contributed by atoms with Gasteiger partial charge in [0, 0.05) is 22.6 Å². The molecule has 1 atom stereocenters. The Morgan fingerprint density at radius 1 is 1.10 bits per heavy atom. The van der Waals surface area contributed by atoms with E-state index in [1.807, 2.05) is 36.4 Å². The van der Waals surface area contributed by atoms with Gasteiger partial charge in [-0.1, -0.05) is 47.0 Å². The van der Waals surface area contributed by atoms with Crippen LogP contribution in [0.5, 0.6) is 5.75 Å². The van der Waals surface area contributed by atoms with Gasteiger partial charge in [0.2, 0.25) is 0 Å². The van der Waals surface area contributed by atoms with E-state index in [2.05, 4.69) is 19.2 Å². The van der Waals surface area contributed by atoms with E-state index in [4.69, 9.17) is 27.9 Å². The molecular formula is C17H19Cl2NO. The van der Waals surface area contributed by atoms with Crippen molar-refractivity contribution in [3.63, 3.8) is 0 Å². The first kappa shape index (κ1) is 16.2. The van der Waals surface area contributed by atoms with Crippen LogP contribution in [0.25, 0.3) is 0 Å². The van der Waals surface area contributed by atoms with E-state index in [0.29, 0.717) is 23.2 Å². The van der Waals surface area contributed by atoms with Crippen molar-refractivity contribution in [1.29, 1.82) is 0 Å². The smallest absolute Gasteiger partial charge is 0.119 e. The van der Waals surface area contributed by atoms with Crippen LogP contribution in [0, 0.1) is 6.92 Å². The molecule has 21 heavy (non-hydrogen) atoms. The zero-order valence-electron chi connectivity index (χ0n) is 12.2. The lowest BCUT2D eigenvalue weighted by molar-refractivity contribution is 0.272. The van der Waals surface area contributed by atoms with Crippen LogP contribution in [0.2, 0.25) is 10.0 Å². The highest BCUT2D eigenvalue weighted by Crippen LogP contribution is 2.20. The first-order chi connectivity index (χ1) is 10.0. The second-order valence-electron chi connectivity index (χ2n) is 5.14.